The molecule has 1 aliphatic carbocycles. The van der Waals surface area contributed by atoms with Crippen molar-refractivity contribution < 1.29 is 4.79 Å². The largest absolute Gasteiger partial charge is 0.356 e. The summed E-state index contributed by atoms with van der Waals surface area (Å²) in [6.07, 6.45) is 7.56. The van der Waals surface area contributed by atoms with Crippen molar-refractivity contribution in [3.8, 4) is 0 Å². The second-order valence-corrected chi connectivity index (χ2v) is 6.93. The zero-order valence-electron chi connectivity index (χ0n) is 13.8. The van der Waals surface area contributed by atoms with Gasteiger partial charge < -0.3 is 10.2 Å². The fourth-order valence-corrected chi connectivity index (χ4v) is 3.61. The highest BCUT2D eigenvalue weighted by Gasteiger charge is 2.31. The summed E-state index contributed by atoms with van der Waals surface area (Å²) in [5.74, 6) is 1.09. The number of piperidine rings is 1. The molecule has 0 radical (unpaired) electrons. The van der Waals surface area contributed by atoms with E-state index in [2.05, 4.69) is 35.6 Å². The summed E-state index contributed by atoms with van der Waals surface area (Å²) in [6, 6.07) is 2.35. The lowest BCUT2D eigenvalue weighted by molar-refractivity contribution is -0.125. The topological polar surface area (TPSA) is 99.7 Å². The van der Waals surface area contributed by atoms with E-state index in [0.717, 1.165) is 54.3 Å². The molecule has 8 heteroatoms. The highest BCUT2D eigenvalue weighted by molar-refractivity contribution is 6.08. The van der Waals surface area contributed by atoms with Gasteiger partial charge in [0.25, 0.3) is 0 Å². The van der Waals surface area contributed by atoms with Crippen LogP contribution in [0.3, 0.4) is 0 Å². The lowest BCUT2D eigenvalue weighted by atomic mass is 9.96. The van der Waals surface area contributed by atoms with Gasteiger partial charge in [-0.25, -0.2) is 4.98 Å². The summed E-state index contributed by atoms with van der Waals surface area (Å²) in [5.41, 5.74) is 1.37. The van der Waals surface area contributed by atoms with Crippen LogP contribution in [0.1, 0.15) is 25.7 Å². The fraction of sp³-hybridized carbons (Fsp3) is 0.471. The highest BCUT2D eigenvalue weighted by Crippen LogP contribution is 2.31. The molecule has 1 unspecified atom stereocenters. The van der Waals surface area contributed by atoms with Crippen molar-refractivity contribution in [2.75, 3.05) is 18.0 Å². The predicted octanol–water partition coefficient (Wildman–Crippen LogP) is 1.40. The highest BCUT2D eigenvalue weighted by atomic mass is 16.2. The van der Waals surface area contributed by atoms with Gasteiger partial charge in [-0.1, -0.05) is 0 Å². The molecule has 8 nitrogen and oxygen atoms in total. The van der Waals surface area contributed by atoms with Crippen molar-refractivity contribution >= 4 is 33.7 Å². The van der Waals surface area contributed by atoms with Gasteiger partial charge in [-0.2, -0.15) is 5.10 Å². The van der Waals surface area contributed by atoms with Crippen molar-refractivity contribution in [2.24, 2.45) is 5.92 Å². The van der Waals surface area contributed by atoms with Crippen LogP contribution in [0.25, 0.3) is 21.9 Å². The molecule has 25 heavy (non-hydrogen) atoms. The van der Waals surface area contributed by atoms with Crippen molar-refractivity contribution in [3.05, 3.63) is 18.5 Å². The summed E-state index contributed by atoms with van der Waals surface area (Å²) >= 11 is 0. The molecule has 5 rings (SSSR count). The third kappa shape index (κ3) is 2.57. The summed E-state index contributed by atoms with van der Waals surface area (Å²) < 4.78 is 0. The Bertz CT molecular complexity index is 948. The Balaban J connectivity index is 1.51. The van der Waals surface area contributed by atoms with Gasteiger partial charge in [0, 0.05) is 30.7 Å². The molecular formula is C17H19N7O. The lowest BCUT2D eigenvalue weighted by Gasteiger charge is -2.33. The van der Waals surface area contributed by atoms with Crippen LogP contribution >= 0.6 is 0 Å². The molecular weight excluding hydrogens is 318 g/mol. The third-order valence-corrected chi connectivity index (χ3v) is 5.08. The molecule has 4 heterocycles. The van der Waals surface area contributed by atoms with E-state index in [1.807, 2.05) is 6.07 Å². The number of aromatic amines is 1. The second kappa shape index (κ2) is 5.65. The van der Waals surface area contributed by atoms with Crippen LogP contribution in [-0.2, 0) is 4.79 Å². The molecule has 2 N–H and O–H groups in total. The maximum Gasteiger partial charge on any atom is 0.225 e. The van der Waals surface area contributed by atoms with E-state index in [9.17, 15) is 4.79 Å². The zero-order valence-corrected chi connectivity index (χ0v) is 13.8. The van der Waals surface area contributed by atoms with Crippen molar-refractivity contribution in [2.45, 2.75) is 31.7 Å². The fourth-order valence-electron chi connectivity index (χ4n) is 3.61. The third-order valence-electron chi connectivity index (χ3n) is 5.08. The number of nitrogens with zero attached hydrogens (tertiary/aromatic N) is 5. The summed E-state index contributed by atoms with van der Waals surface area (Å²) in [5, 5.41) is 20.8. The number of fused-ring (bicyclic) bond motifs is 3. The molecule has 2 fully saturated rings. The van der Waals surface area contributed by atoms with Crippen LogP contribution in [0.2, 0.25) is 0 Å². The first-order valence-electron chi connectivity index (χ1n) is 8.79. The van der Waals surface area contributed by atoms with Gasteiger partial charge in [0.05, 0.1) is 17.5 Å². The van der Waals surface area contributed by atoms with E-state index in [1.165, 1.54) is 0 Å². The van der Waals surface area contributed by atoms with Gasteiger partial charge in [-0.05, 0) is 31.7 Å². The molecule has 128 valence electrons. The smallest absolute Gasteiger partial charge is 0.225 e. The van der Waals surface area contributed by atoms with Gasteiger partial charge in [0.1, 0.15) is 11.3 Å². The van der Waals surface area contributed by atoms with E-state index in [-0.39, 0.29) is 11.8 Å². The Kier molecular flexibility index (Phi) is 3.29. The minimum Gasteiger partial charge on any atom is -0.356 e. The van der Waals surface area contributed by atoms with Crippen molar-refractivity contribution in [1.29, 1.82) is 0 Å². The van der Waals surface area contributed by atoms with Crippen LogP contribution in [0.5, 0.6) is 0 Å². The molecule has 1 atom stereocenters. The van der Waals surface area contributed by atoms with E-state index >= 15 is 0 Å². The van der Waals surface area contributed by atoms with Crippen LogP contribution in [0.4, 0.5) is 5.82 Å². The van der Waals surface area contributed by atoms with E-state index in [1.54, 1.807) is 12.4 Å². The minimum absolute atomic E-state index is 0.0149. The molecule has 1 amide bonds. The number of hydrogen-bond donors (Lipinski definition) is 2. The minimum atomic E-state index is 0.0149. The Morgan fingerprint density at radius 2 is 2.20 bits per heavy atom. The first kappa shape index (κ1) is 14.6. The normalized spacial score (nSPS) is 21.0. The number of nitrogens with one attached hydrogen (secondary N) is 2. The van der Waals surface area contributed by atoms with E-state index in [0.29, 0.717) is 18.2 Å². The van der Waals surface area contributed by atoms with E-state index < -0.39 is 0 Å². The first-order chi connectivity index (χ1) is 12.3. The van der Waals surface area contributed by atoms with Gasteiger partial charge in [0.2, 0.25) is 5.91 Å². The Morgan fingerprint density at radius 1 is 1.28 bits per heavy atom. The SMILES string of the molecule is O=C(NC1CC1)C1CCCN(c2[nH]ncc3nnc4nccc4c23)C1. The predicted molar refractivity (Wildman–Crippen MR) is 93.1 cm³/mol. The maximum atomic E-state index is 12.5. The molecule has 1 saturated heterocycles. The molecule has 0 bridgehead atoms. The standard InChI is InChI=1S/C17H19N7O/c25-17(20-11-3-4-11)10-2-1-7-24(9-10)16-14-12-5-6-18-15(12)22-21-13(14)8-19-23-16/h5-6,8,10-11,23H,1-4,7,9H2,(H,20,25). The maximum absolute atomic E-state index is 12.5. The number of carbonyl (C=O) groups is 1. The van der Waals surface area contributed by atoms with Gasteiger partial charge in [-0.3, -0.25) is 9.89 Å². The number of H-pyrrole nitrogens is 1. The number of carbonyl (C=O) groups excluding carboxylic acids is 1. The molecule has 3 aromatic heterocycles. The van der Waals surface area contributed by atoms with Crippen molar-refractivity contribution in [1.82, 2.24) is 30.7 Å². The molecule has 0 aromatic carbocycles. The van der Waals surface area contributed by atoms with Gasteiger partial charge >= 0.3 is 0 Å². The van der Waals surface area contributed by atoms with Crippen LogP contribution in [0.15, 0.2) is 18.5 Å². The Hall–Kier alpha value is -2.77. The van der Waals surface area contributed by atoms with Crippen LogP contribution in [0, 0.1) is 5.92 Å². The quantitative estimate of drug-likeness (QED) is 0.749. The molecule has 1 saturated carbocycles. The molecule has 1 aliphatic heterocycles. The number of rotatable bonds is 3. The van der Waals surface area contributed by atoms with Gasteiger partial charge in [0.15, 0.2) is 5.65 Å². The molecule has 0 spiro atoms. The number of amides is 1. The summed E-state index contributed by atoms with van der Waals surface area (Å²) in [7, 11) is 0. The lowest BCUT2D eigenvalue weighted by Crippen LogP contribution is -2.44. The average Bonchev–Trinajstić information content (AvgIpc) is 3.33. The summed E-state index contributed by atoms with van der Waals surface area (Å²) in [6.45, 7) is 1.58. The van der Waals surface area contributed by atoms with Crippen LogP contribution in [-0.4, -0.2) is 50.4 Å². The average molecular weight is 337 g/mol. The van der Waals surface area contributed by atoms with Crippen molar-refractivity contribution in [3.63, 3.8) is 0 Å². The Morgan fingerprint density at radius 3 is 3.08 bits per heavy atom. The Labute approximate surface area is 144 Å². The summed E-state index contributed by atoms with van der Waals surface area (Å²) in [4.78, 5) is 18.9. The first-order valence-corrected chi connectivity index (χ1v) is 8.79. The zero-order chi connectivity index (χ0) is 16.8. The van der Waals surface area contributed by atoms with Gasteiger partial charge in [-0.15, -0.1) is 10.2 Å². The monoisotopic (exact) mass is 337 g/mol. The number of anilines is 1. The van der Waals surface area contributed by atoms with Crippen LogP contribution < -0.4 is 10.2 Å². The number of aromatic nitrogens is 5. The van der Waals surface area contributed by atoms with E-state index in [4.69, 9.17) is 0 Å². The second-order valence-electron chi connectivity index (χ2n) is 6.93. The molecule has 2 aliphatic rings. The number of hydrogen-bond acceptors (Lipinski definition) is 6. The molecule has 3 aromatic rings.